The summed E-state index contributed by atoms with van der Waals surface area (Å²) in [6.45, 7) is 0.158. The van der Waals surface area contributed by atoms with Crippen molar-refractivity contribution < 1.29 is 18.8 Å². The second kappa shape index (κ2) is 11.3. The molecule has 0 radical (unpaired) electrons. The molecule has 0 amide bonds. The molecule has 0 saturated heterocycles. The van der Waals surface area contributed by atoms with Gasteiger partial charge >= 0.3 is 5.69 Å². The molecule has 6 aromatic rings. The Labute approximate surface area is 246 Å². The highest BCUT2D eigenvalue weighted by atomic mass is 79.9. The van der Waals surface area contributed by atoms with E-state index >= 15 is 0 Å². The molecule has 42 heavy (non-hydrogen) atoms. The number of aromatic nitrogens is 2. The third kappa shape index (κ3) is 5.25. The highest BCUT2D eigenvalue weighted by Crippen LogP contribution is 2.33. The maximum absolute atomic E-state index is 13.6. The van der Waals surface area contributed by atoms with Gasteiger partial charge < -0.3 is 13.9 Å². The lowest BCUT2D eigenvalue weighted by molar-refractivity contribution is -0.385. The van der Waals surface area contributed by atoms with Crippen LogP contribution in [-0.2, 0) is 6.61 Å². The van der Waals surface area contributed by atoms with Crippen LogP contribution in [0.2, 0.25) is 0 Å². The summed E-state index contributed by atoms with van der Waals surface area (Å²) in [7, 11) is 1.56. The molecule has 2 aromatic heterocycles. The van der Waals surface area contributed by atoms with Crippen LogP contribution in [0, 0.1) is 10.1 Å². The predicted octanol–water partition coefficient (Wildman–Crippen LogP) is 6.95. The molecule has 0 saturated carbocycles. The number of furan rings is 1. The van der Waals surface area contributed by atoms with Gasteiger partial charge in [-0.25, -0.2) is 4.98 Å². The molecular formula is C31H21BrN4O6. The minimum Gasteiger partial charge on any atom is -0.496 e. The number of para-hydroxylation sites is 1. The van der Waals surface area contributed by atoms with Gasteiger partial charge in [-0.15, -0.1) is 0 Å². The van der Waals surface area contributed by atoms with Crippen LogP contribution >= 0.6 is 15.9 Å². The topological polar surface area (TPSA) is 122 Å². The first-order valence-corrected chi connectivity index (χ1v) is 13.5. The third-order valence-electron chi connectivity index (χ3n) is 6.53. The fourth-order valence-corrected chi connectivity index (χ4v) is 4.72. The molecule has 0 aliphatic heterocycles. The summed E-state index contributed by atoms with van der Waals surface area (Å²) >= 11 is 3.38. The Balaban J connectivity index is 1.39. The molecule has 10 nitrogen and oxygen atoms in total. The van der Waals surface area contributed by atoms with E-state index < -0.39 is 10.5 Å². The average molecular weight is 625 g/mol. The Morgan fingerprint density at radius 1 is 1.00 bits per heavy atom. The number of nitrogens with zero attached hydrogens (tertiary/aromatic N) is 4. The number of nitro benzene ring substituents is 1. The number of methoxy groups -OCH3 is 1. The molecule has 11 heteroatoms. The summed E-state index contributed by atoms with van der Waals surface area (Å²) in [6.07, 6.45) is 1.36. The van der Waals surface area contributed by atoms with Gasteiger partial charge in [-0.2, -0.15) is 9.78 Å². The van der Waals surface area contributed by atoms with E-state index in [2.05, 4.69) is 26.0 Å². The van der Waals surface area contributed by atoms with Gasteiger partial charge in [0.05, 0.1) is 34.5 Å². The van der Waals surface area contributed by atoms with Gasteiger partial charge in [0.15, 0.2) is 11.5 Å². The summed E-state index contributed by atoms with van der Waals surface area (Å²) in [4.78, 5) is 29.6. The van der Waals surface area contributed by atoms with Crippen LogP contribution in [0.15, 0.2) is 110 Å². The first-order chi connectivity index (χ1) is 20.4. The van der Waals surface area contributed by atoms with Crippen LogP contribution in [0.25, 0.3) is 33.5 Å². The summed E-state index contributed by atoms with van der Waals surface area (Å²) in [5.74, 6) is 1.19. The number of fused-ring (bicyclic) bond motifs is 2. The van der Waals surface area contributed by atoms with Crippen molar-refractivity contribution in [2.45, 2.75) is 6.61 Å². The molecule has 0 aliphatic rings. The van der Waals surface area contributed by atoms with Crippen molar-refractivity contribution in [1.82, 2.24) is 9.66 Å². The monoisotopic (exact) mass is 624 g/mol. The minimum atomic E-state index is -0.523. The van der Waals surface area contributed by atoms with Crippen molar-refractivity contribution in [2.24, 2.45) is 5.10 Å². The van der Waals surface area contributed by atoms with Crippen molar-refractivity contribution >= 4 is 49.7 Å². The van der Waals surface area contributed by atoms with Crippen molar-refractivity contribution in [1.29, 1.82) is 0 Å². The van der Waals surface area contributed by atoms with Gasteiger partial charge in [0.25, 0.3) is 5.56 Å². The van der Waals surface area contributed by atoms with E-state index in [1.807, 2.05) is 24.3 Å². The quantitative estimate of drug-likeness (QED) is 0.102. The van der Waals surface area contributed by atoms with Crippen molar-refractivity contribution in [3.8, 4) is 23.1 Å². The molecule has 0 N–H and O–H groups in total. The van der Waals surface area contributed by atoms with Gasteiger partial charge in [-0.3, -0.25) is 14.9 Å². The molecule has 2 heterocycles. The van der Waals surface area contributed by atoms with Gasteiger partial charge in [0.1, 0.15) is 17.9 Å². The number of rotatable bonds is 8. The Bertz CT molecular complexity index is 2050. The largest absolute Gasteiger partial charge is 0.496 e. The fourth-order valence-electron chi connectivity index (χ4n) is 4.46. The fraction of sp³-hybridized carbons (Fsp3) is 0.0645. The Hall–Kier alpha value is -5.29. The standard InChI is InChI=1S/C31H21BrN4O6/c1-40-26-7-4-8-27-23(26)16-29(42-27)30-34-24-6-3-2-5-22(24)31(37)35(30)33-17-20-11-14-28(25(15-20)36(38)39)41-18-19-9-12-21(32)13-10-19/h2-17H,18H2,1H3. The number of hydrogen-bond acceptors (Lipinski definition) is 8. The van der Waals surface area contributed by atoms with Gasteiger partial charge in [0.2, 0.25) is 5.82 Å². The zero-order valence-electron chi connectivity index (χ0n) is 22.1. The van der Waals surface area contributed by atoms with Crippen LogP contribution in [-0.4, -0.2) is 27.9 Å². The molecule has 0 unspecified atom stereocenters. The zero-order chi connectivity index (χ0) is 29.2. The summed E-state index contributed by atoms with van der Waals surface area (Å²) in [6, 6.07) is 26.0. The normalized spacial score (nSPS) is 11.4. The smallest absolute Gasteiger partial charge is 0.311 e. The molecule has 6 rings (SSSR count). The van der Waals surface area contributed by atoms with Gasteiger partial charge in [0, 0.05) is 16.1 Å². The number of nitro groups is 1. The second-order valence-corrected chi connectivity index (χ2v) is 10.1. The highest BCUT2D eigenvalue weighted by molar-refractivity contribution is 9.10. The van der Waals surface area contributed by atoms with E-state index in [0.29, 0.717) is 38.9 Å². The van der Waals surface area contributed by atoms with Gasteiger partial charge in [-0.05, 0) is 60.2 Å². The number of ether oxygens (including phenoxy) is 2. The van der Waals surface area contributed by atoms with Crippen LogP contribution < -0.4 is 15.0 Å². The molecule has 0 bridgehead atoms. The first kappa shape index (κ1) is 26.9. The van der Waals surface area contributed by atoms with E-state index in [0.717, 1.165) is 14.7 Å². The molecule has 0 aliphatic carbocycles. The van der Waals surface area contributed by atoms with E-state index in [1.54, 1.807) is 61.7 Å². The van der Waals surface area contributed by atoms with Crippen molar-refractivity contribution in [2.75, 3.05) is 7.11 Å². The number of halogens is 1. The lowest BCUT2D eigenvalue weighted by Gasteiger charge is -2.08. The van der Waals surface area contributed by atoms with E-state index in [9.17, 15) is 14.9 Å². The third-order valence-corrected chi connectivity index (χ3v) is 7.05. The highest BCUT2D eigenvalue weighted by Gasteiger charge is 2.19. The van der Waals surface area contributed by atoms with Crippen LogP contribution in [0.4, 0.5) is 5.69 Å². The zero-order valence-corrected chi connectivity index (χ0v) is 23.6. The lowest BCUT2D eigenvalue weighted by atomic mass is 10.2. The Morgan fingerprint density at radius 3 is 2.60 bits per heavy atom. The SMILES string of the molecule is COc1cccc2oc(-c3nc4ccccc4c(=O)n3N=Cc3ccc(OCc4ccc(Br)cc4)c([N+](=O)[O-])c3)cc12. The summed E-state index contributed by atoms with van der Waals surface area (Å²) < 4.78 is 19.3. The summed E-state index contributed by atoms with van der Waals surface area (Å²) in [5.41, 5.74) is 1.61. The summed E-state index contributed by atoms with van der Waals surface area (Å²) in [5, 5.41) is 17.3. The van der Waals surface area contributed by atoms with Crippen molar-refractivity contribution in [3.05, 3.63) is 127 Å². The van der Waals surface area contributed by atoms with E-state index in [1.165, 1.54) is 18.3 Å². The Kier molecular flexibility index (Phi) is 7.24. The molecule has 0 fully saturated rings. The average Bonchev–Trinajstić information content (AvgIpc) is 3.45. The minimum absolute atomic E-state index is 0.113. The first-order valence-electron chi connectivity index (χ1n) is 12.7. The lowest BCUT2D eigenvalue weighted by Crippen LogP contribution is -2.20. The molecule has 0 spiro atoms. The molecular weight excluding hydrogens is 604 g/mol. The number of hydrogen-bond donors (Lipinski definition) is 0. The maximum atomic E-state index is 13.6. The second-order valence-electron chi connectivity index (χ2n) is 9.20. The van der Waals surface area contributed by atoms with Gasteiger partial charge in [-0.1, -0.05) is 46.3 Å². The van der Waals surface area contributed by atoms with Crippen LogP contribution in [0.3, 0.4) is 0 Å². The maximum Gasteiger partial charge on any atom is 0.311 e. The van der Waals surface area contributed by atoms with Crippen molar-refractivity contribution in [3.63, 3.8) is 0 Å². The van der Waals surface area contributed by atoms with E-state index in [-0.39, 0.29) is 23.9 Å². The van der Waals surface area contributed by atoms with Crippen LogP contribution in [0.1, 0.15) is 11.1 Å². The predicted molar refractivity (Wildman–Crippen MR) is 162 cm³/mol. The molecule has 0 atom stereocenters. The number of benzene rings is 4. The molecule has 208 valence electrons. The Morgan fingerprint density at radius 2 is 1.81 bits per heavy atom. The van der Waals surface area contributed by atoms with E-state index in [4.69, 9.17) is 13.9 Å². The van der Waals surface area contributed by atoms with Crippen LogP contribution in [0.5, 0.6) is 11.5 Å². The molecule has 4 aromatic carbocycles.